The number of benzene rings is 1. The number of hydrazine groups is 1. The number of rotatable bonds is 3. The Hall–Kier alpha value is -2.11. The van der Waals surface area contributed by atoms with E-state index in [4.69, 9.17) is 4.74 Å². The lowest BCUT2D eigenvalue weighted by Crippen LogP contribution is -2.27. The zero-order valence-corrected chi connectivity index (χ0v) is 12.4. The summed E-state index contributed by atoms with van der Waals surface area (Å²) in [7, 11) is 1.67. The summed E-state index contributed by atoms with van der Waals surface area (Å²) in [5.74, 6) is 0.848. The van der Waals surface area contributed by atoms with Crippen LogP contribution in [0, 0.1) is 0 Å². The van der Waals surface area contributed by atoms with Crippen molar-refractivity contribution in [1.82, 2.24) is 10.4 Å². The Bertz CT molecular complexity index is 665. The van der Waals surface area contributed by atoms with E-state index < -0.39 is 5.60 Å². The van der Waals surface area contributed by atoms with Gasteiger partial charge in [-0.2, -0.15) is 0 Å². The number of anilines is 2. The van der Waals surface area contributed by atoms with Crippen LogP contribution in [0.2, 0.25) is 0 Å². The van der Waals surface area contributed by atoms with Gasteiger partial charge in [-0.05, 0) is 43.7 Å². The molecule has 2 heterocycles. The van der Waals surface area contributed by atoms with Gasteiger partial charge in [0, 0.05) is 18.3 Å². The molecule has 110 valence electrons. The molecule has 2 N–H and O–H groups in total. The monoisotopic (exact) mass is 285 g/mol. The standard InChI is InChI=1S/C16H19N3O2/c1-16(2,20)12-7-13(10-17-9-12)19-15-5-4-14(21-3)6-11(15)8-18-19/h4-7,9-10,18,20H,8H2,1-3H3. The van der Waals surface area contributed by atoms with Crippen LogP contribution in [0.1, 0.15) is 25.0 Å². The van der Waals surface area contributed by atoms with Crippen LogP contribution >= 0.6 is 0 Å². The summed E-state index contributed by atoms with van der Waals surface area (Å²) in [6, 6.07) is 7.92. The number of aliphatic hydroxyl groups is 1. The van der Waals surface area contributed by atoms with Gasteiger partial charge in [-0.25, -0.2) is 5.43 Å². The largest absolute Gasteiger partial charge is 0.497 e. The SMILES string of the molecule is COc1ccc2c(c1)CNN2c1cncc(C(C)(C)O)c1. The van der Waals surface area contributed by atoms with Gasteiger partial charge >= 0.3 is 0 Å². The van der Waals surface area contributed by atoms with Crippen molar-refractivity contribution in [2.75, 3.05) is 12.1 Å². The summed E-state index contributed by atoms with van der Waals surface area (Å²) >= 11 is 0. The van der Waals surface area contributed by atoms with E-state index >= 15 is 0 Å². The van der Waals surface area contributed by atoms with Crippen LogP contribution in [-0.2, 0) is 12.1 Å². The molecule has 1 aliphatic heterocycles. The van der Waals surface area contributed by atoms with Crippen LogP contribution in [0.25, 0.3) is 0 Å². The average Bonchev–Trinajstić information content (AvgIpc) is 2.89. The molecule has 0 atom stereocenters. The zero-order valence-electron chi connectivity index (χ0n) is 12.4. The van der Waals surface area contributed by atoms with Crippen LogP contribution < -0.4 is 15.2 Å². The van der Waals surface area contributed by atoms with Gasteiger partial charge in [0.15, 0.2) is 0 Å². The van der Waals surface area contributed by atoms with Crippen LogP contribution in [0.4, 0.5) is 11.4 Å². The zero-order chi connectivity index (χ0) is 15.0. The summed E-state index contributed by atoms with van der Waals surface area (Å²) in [5, 5.41) is 12.1. The Labute approximate surface area is 124 Å². The van der Waals surface area contributed by atoms with Crippen molar-refractivity contribution >= 4 is 11.4 Å². The van der Waals surface area contributed by atoms with Gasteiger partial charge in [-0.1, -0.05) is 0 Å². The molecule has 5 heteroatoms. The summed E-state index contributed by atoms with van der Waals surface area (Å²) in [4.78, 5) is 4.24. The molecule has 1 aromatic carbocycles. The van der Waals surface area contributed by atoms with E-state index in [1.165, 1.54) is 5.56 Å². The van der Waals surface area contributed by atoms with E-state index in [0.29, 0.717) is 0 Å². The molecule has 0 amide bonds. The Balaban J connectivity index is 1.98. The first kappa shape index (κ1) is 13.9. The molecule has 0 radical (unpaired) electrons. The maximum absolute atomic E-state index is 10.1. The molecule has 0 saturated heterocycles. The molecule has 1 aliphatic rings. The Morgan fingerprint density at radius 1 is 1.29 bits per heavy atom. The normalized spacial score (nSPS) is 14.2. The molecular weight excluding hydrogens is 266 g/mol. The van der Waals surface area contributed by atoms with Gasteiger partial charge in [-0.15, -0.1) is 0 Å². The predicted molar refractivity (Wildman–Crippen MR) is 81.5 cm³/mol. The second kappa shape index (κ2) is 5.02. The third-order valence-electron chi connectivity index (χ3n) is 3.64. The fourth-order valence-corrected chi connectivity index (χ4v) is 2.41. The quantitative estimate of drug-likeness (QED) is 0.907. The van der Waals surface area contributed by atoms with Crippen molar-refractivity contribution in [3.8, 4) is 5.75 Å². The lowest BCUT2D eigenvalue weighted by atomic mass is 10.0. The second-order valence-corrected chi connectivity index (χ2v) is 5.66. The number of hydrogen-bond donors (Lipinski definition) is 2. The predicted octanol–water partition coefficient (Wildman–Crippen LogP) is 2.47. The lowest BCUT2D eigenvalue weighted by molar-refractivity contribution is 0.0782. The number of aromatic nitrogens is 1. The van der Waals surface area contributed by atoms with Crippen LogP contribution in [0.15, 0.2) is 36.7 Å². The maximum atomic E-state index is 10.1. The number of nitrogens with one attached hydrogen (secondary N) is 1. The number of fused-ring (bicyclic) bond motifs is 1. The van der Waals surface area contributed by atoms with Gasteiger partial charge < -0.3 is 9.84 Å². The van der Waals surface area contributed by atoms with Gasteiger partial charge in [0.05, 0.1) is 30.3 Å². The molecule has 0 bridgehead atoms. The molecule has 0 unspecified atom stereocenters. The van der Waals surface area contributed by atoms with Gasteiger partial charge in [-0.3, -0.25) is 9.99 Å². The van der Waals surface area contributed by atoms with E-state index in [2.05, 4.69) is 10.4 Å². The molecule has 3 rings (SSSR count). The van der Waals surface area contributed by atoms with Gasteiger partial charge in [0.25, 0.3) is 0 Å². The maximum Gasteiger partial charge on any atom is 0.119 e. The molecule has 1 aromatic heterocycles. The molecule has 5 nitrogen and oxygen atoms in total. The number of hydrogen-bond acceptors (Lipinski definition) is 5. The van der Waals surface area contributed by atoms with E-state index in [0.717, 1.165) is 29.2 Å². The van der Waals surface area contributed by atoms with Crippen molar-refractivity contribution in [1.29, 1.82) is 0 Å². The molecule has 0 spiro atoms. The average molecular weight is 285 g/mol. The fourth-order valence-electron chi connectivity index (χ4n) is 2.41. The summed E-state index contributed by atoms with van der Waals surface area (Å²) < 4.78 is 5.25. The Kier molecular flexibility index (Phi) is 3.31. The Morgan fingerprint density at radius 2 is 2.10 bits per heavy atom. The van der Waals surface area contributed by atoms with Crippen LogP contribution in [0.5, 0.6) is 5.75 Å². The third kappa shape index (κ3) is 2.57. The molecule has 21 heavy (non-hydrogen) atoms. The minimum absolute atomic E-state index is 0.735. The molecular formula is C16H19N3O2. The van der Waals surface area contributed by atoms with Crippen LogP contribution in [-0.4, -0.2) is 17.2 Å². The number of nitrogens with zero attached hydrogens (tertiary/aromatic N) is 2. The summed E-state index contributed by atoms with van der Waals surface area (Å²) in [5.41, 5.74) is 6.34. The summed E-state index contributed by atoms with van der Waals surface area (Å²) in [6.07, 6.45) is 3.47. The minimum atomic E-state index is -0.911. The first-order valence-electron chi connectivity index (χ1n) is 6.87. The highest BCUT2D eigenvalue weighted by Crippen LogP contribution is 2.34. The van der Waals surface area contributed by atoms with Crippen molar-refractivity contribution in [2.45, 2.75) is 26.0 Å². The number of pyridine rings is 1. The van der Waals surface area contributed by atoms with Crippen molar-refractivity contribution in [3.05, 3.63) is 47.8 Å². The Morgan fingerprint density at radius 3 is 2.81 bits per heavy atom. The van der Waals surface area contributed by atoms with E-state index in [1.54, 1.807) is 33.4 Å². The third-order valence-corrected chi connectivity index (χ3v) is 3.64. The van der Waals surface area contributed by atoms with Crippen LogP contribution in [0.3, 0.4) is 0 Å². The highest BCUT2D eigenvalue weighted by Gasteiger charge is 2.23. The lowest BCUT2D eigenvalue weighted by Gasteiger charge is -2.23. The first-order valence-corrected chi connectivity index (χ1v) is 6.87. The van der Waals surface area contributed by atoms with E-state index in [-0.39, 0.29) is 0 Å². The molecule has 0 fully saturated rings. The molecule has 0 aliphatic carbocycles. The van der Waals surface area contributed by atoms with Crippen molar-refractivity contribution in [2.24, 2.45) is 0 Å². The smallest absolute Gasteiger partial charge is 0.119 e. The van der Waals surface area contributed by atoms with Gasteiger partial charge in [0.1, 0.15) is 5.75 Å². The fraction of sp³-hybridized carbons (Fsp3) is 0.312. The van der Waals surface area contributed by atoms with E-state index in [1.807, 2.05) is 29.3 Å². The number of methoxy groups -OCH3 is 1. The summed E-state index contributed by atoms with van der Waals surface area (Å²) in [6.45, 7) is 4.24. The minimum Gasteiger partial charge on any atom is -0.497 e. The molecule has 0 saturated carbocycles. The highest BCUT2D eigenvalue weighted by molar-refractivity contribution is 5.69. The van der Waals surface area contributed by atoms with Crippen molar-refractivity contribution < 1.29 is 9.84 Å². The van der Waals surface area contributed by atoms with E-state index in [9.17, 15) is 5.11 Å². The molecule has 2 aromatic rings. The first-order chi connectivity index (χ1) is 9.99. The topological polar surface area (TPSA) is 57.6 Å². The van der Waals surface area contributed by atoms with Gasteiger partial charge in [0.2, 0.25) is 0 Å². The highest BCUT2D eigenvalue weighted by atomic mass is 16.5. The van der Waals surface area contributed by atoms with Crippen molar-refractivity contribution in [3.63, 3.8) is 0 Å². The second-order valence-electron chi connectivity index (χ2n) is 5.66. The number of ether oxygens (including phenoxy) is 1.